The van der Waals surface area contributed by atoms with Crippen molar-refractivity contribution in [2.24, 2.45) is 0 Å². The van der Waals surface area contributed by atoms with Gasteiger partial charge in [-0.15, -0.1) is 0 Å². The summed E-state index contributed by atoms with van der Waals surface area (Å²) in [6.45, 7) is 0. The van der Waals surface area contributed by atoms with Gasteiger partial charge in [-0.3, -0.25) is 0 Å². The lowest BCUT2D eigenvalue weighted by Crippen LogP contribution is -2.28. The fourth-order valence-corrected chi connectivity index (χ4v) is 8.69. The van der Waals surface area contributed by atoms with Crippen LogP contribution < -0.4 is 0 Å². The lowest BCUT2D eigenvalue weighted by atomic mass is 9.67. The minimum absolute atomic E-state index is 0.376. The largest absolute Gasteiger partial charge is 0.208 e. The molecule has 55 heavy (non-hydrogen) atoms. The van der Waals surface area contributed by atoms with Crippen molar-refractivity contribution < 1.29 is 0 Å². The van der Waals surface area contributed by atoms with E-state index in [-0.39, 0.29) is 0 Å². The molecule has 0 N–H and O–H groups in total. The molecule has 3 nitrogen and oxygen atoms in total. The first-order chi connectivity index (χ1) is 27.3. The summed E-state index contributed by atoms with van der Waals surface area (Å²) < 4.78 is 0. The molecule has 0 aliphatic heterocycles. The van der Waals surface area contributed by atoms with Gasteiger partial charge in [0, 0.05) is 22.6 Å². The number of fused-ring (bicyclic) bond motifs is 3. The van der Waals surface area contributed by atoms with Gasteiger partial charge in [-0.1, -0.05) is 188 Å². The van der Waals surface area contributed by atoms with Crippen LogP contribution in [0.4, 0.5) is 0 Å². The van der Waals surface area contributed by atoms with Crippen molar-refractivity contribution in [3.63, 3.8) is 0 Å². The highest BCUT2D eigenvalue weighted by Crippen LogP contribution is 2.56. The van der Waals surface area contributed by atoms with Gasteiger partial charge in [0.05, 0.1) is 5.41 Å². The third-order valence-corrected chi connectivity index (χ3v) is 11.4. The Balaban J connectivity index is 1.14. The fraction of sp³-hybridized carbons (Fsp3) is 0.0962. The van der Waals surface area contributed by atoms with Gasteiger partial charge in [0.15, 0.2) is 17.5 Å². The van der Waals surface area contributed by atoms with Gasteiger partial charge in [0.25, 0.3) is 0 Å². The predicted octanol–water partition coefficient (Wildman–Crippen LogP) is 12.6. The molecule has 0 radical (unpaired) electrons. The molecule has 3 heteroatoms. The number of benzene rings is 6. The molecule has 1 unspecified atom stereocenters. The molecule has 7 aromatic rings. The van der Waals surface area contributed by atoms with Crippen molar-refractivity contribution in [1.29, 1.82) is 0 Å². The Kier molecular flexibility index (Phi) is 8.33. The molecular formula is C52H39N3. The summed E-state index contributed by atoms with van der Waals surface area (Å²) in [5.41, 5.74) is 13.6. The summed E-state index contributed by atoms with van der Waals surface area (Å²) in [6.07, 6.45) is 18.7. The van der Waals surface area contributed by atoms with E-state index in [1.807, 2.05) is 0 Å². The first kappa shape index (κ1) is 32.9. The smallest absolute Gasteiger partial charge is 0.164 e. The van der Waals surface area contributed by atoms with E-state index < -0.39 is 5.41 Å². The Morgan fingerprint density at radius 1 is 0.473 bits per heavy atom. The quantitative estimate of drug-likeness (QED) is 0.166. The summed E-state index contributed by atoms with van der Waals surface area (Å²) >= 11 is 0. The number of nitrogens with zero attached hydrogens (tertiary/aromatic N) is 3. The number of hydrogen-bond acceptors (Lipinski definition) is 3. The highest BCUT2D eigenvalue weighted by atomic mass is 15.0. The summed E-state index contributed by atoms with van der Waals surface area (Å²) in [6, 6.07) is 54.8. The molecule has 0 saturated heterocycles. The molecule has 0 amide bonds. The van der Waals surface area contributed by atoms with E-state index in [4.69, 9.17) is 15.0 Å². The van der Waals surface area contributed by atoms with Crippen molar-refractivity contribution in [2.75, 3.05) is 0 Å². The third kappa shape index (κ3) is 5.80. The second-order valence-electron chi connectivity index (χ2n) is 14.6. The van der Waals surface area contributed by atoms with Crippen LogP contribution in [-0.2, 0) is 5.41 Å². The lowest BCUT2D eigenvalue weighted by molar-refractivity contribution is 0.768. The van der Waals surface area contributed by atoms with Gasteiger partial charge < -0.3 is 0 Å². The molecule has 0 bridgehead atoms. The van der Waals surface area contributed by atoms with Crippen molar-refractivity contribution in [1.82, 2.24) is 15.0 Å². The van der Waals surface area contributed by atoms with E-state index in [1.165, 1.54) is 50.1 Å². The van der Waals surface area contributed by atoms with Crippen LogP contribution >= 0.6 is 0 Å². The van der Waals surface area contributed by atoms with Crippen LogP contribution in [0.3, 0.4) is 0 Å². The zero-order valence-electron chi connectivity index (χ0n) is 30.5. The topological polar surface area (TPSA) is 38.7 Å². The second kappa shape index (κ2) is 13.9. The van der Waals surface area contributed by atoms with Gasteiger partial charge in [0.2, 0.25) is 0 Å². The summed E-state index contributed by atoms with van der Waals surface area (Å²) in [4.78, 5) is 15.6. The van der Waals surface area contributed by atoms with Gasteiger partial charge in [-0.2, -0.15) is 0 Å². The maximum Gasteiger partial charge on any atom is 0.164 e. The first-order valence-corrected chi connectivity index (χ1v) is 19.3. The van der Waals surface area contributed by atoms with E-state index in [0.29, 0.717) is 23.4 Å². The van der Waals surface area contributed by atoms with E-state index in [1.54, 1.807) is 0 Å². The van der Waals surface area contributed by atoms with Gasteiger partial charge in [0.1, 0.15) is 0 Å². The monoisotopic (exact) mass is 705 g/mol. The summed E-state index contributed by atoms with van der Waals surface area (Å²) in [7, 11) is 0. The molecular weight excluding hydrogens is 667 g/mol. The lowest BCUT2D eigenvalue weighted by Gasteiger charge is -2.34. The van der Waals surface area contributed by atoms with Gasteiger partial charge in [-0.25, -0.2) is 15.0 Å². The molecule has 0 fully saturated rings. The van der Waals surface area contributed by atoms with Crippen molar-refractivity contribution in [3.05, 3.63) is 228 Å². The van der Waals surface area contributed by atoms with Gasteiger partial charge >= 0.3 is 0 Å². The Hall–Kier alpha value is -6.71. The molecule has 262 valence electrons. The highest BCUT2D eigenvalue weighted by molar-refractivity contribution is 5.88. The fourth-order valence-electron chi connectivity index (χ4n) is 8.69. The maximum absolute atomic E-state index is 5.23. The summed E-state index contributed by atoms with van der Waals surface area (Å²) in [5.74, 6) is 2.35. The van der Waals surface area contributed by atoms with Crippen molar-refractivity contribution in [3.8, 4) is 45.3 Å². The van der Waals surface area contributed by atoms with Crippen LogP contribution in [0.2, 0.25) is 0 Å². The van der Waals surface area contributed by atoms with E-state index in [9.17, 15) is 0 Å². The van der Waals surface area contributed by atoms with Crippen molar-refractivity contribution >= 4 is 5.57 Å². The Labute approximate surface area is 322 Å². The number of hydrogen-bond donors (Lipinski definition) is 0. The number of aromatic nitrogens is 3. The first-order valence-electron chi connectivity index (χ1n) is 19.3. The van der Waals surface area contributed by atoms with Gasteiger partial charge in [-0.05, 0) is 75.4 Å². The van der Waals surface area contributed by atoms with Crippen LogP contribution in [0.1, 0.15) is 58.6 Å². The highest BCUT2D eigenvalue weighted by Gasteiger charge is 2.46. The molecule has 1 atom stereocenters. The van der Waals surface area contributed by atoms with Crippen LogP contribution in [-0.4, -0.2) is 15.0 Å². The zero-order valence-corrected chi connectivity index (χ0v) is 30.5. The molecule has 1 aromatic heterocycles. The third-order valence-electron chi connectivity index (χ3n) is 11.4. The second-order valence-corrected chi connectivity index (χ2v) is 14.6. The molecule has 10 rings (SSSR count). The average Bonchev–Trinajstić information content (AvgIpc) is 3.58. The number of allylic oxidation sites excluding steroid dienone is 8. The van der Waals surface area contributed by atoms with Crippen molar-refractivity contribution in [2.45, 2.75) is 30.6 Å². The van der Waals surface area contributed by atoms with E-state index in [0.717, 1.165) is 36.0 Å². The Bertz CT molecular complexity index is 2610. The minimum Gasteiger partial charge on any atom is -0.208 e. The minimum atomic E-state index is -0.514. The van der Waals surface area contributed by atoms with Crippen LogP contribution in [0.25, 0.3) is 50.9 Å². The SMILES string of the molecule is C1=CCC(c2ccc(-c3nc(-c4ccc(C5=CCCC=C5)cc4)nc(-c4ccc5c(c4)C(c4ccccc4)(c4ccccc4)c4ccccc4-5)n3)cc2)C=C1. The molecule has 3 aliphatic carbocycles. The maximum atomic E-state index is 5.23. The predicted molar refractivity (Wildman–Crippen MR) is 225 cm³/mol. The molecule has 0 spiro atoms. The summed E-state index contributed by atoms with van der Waals surface area (Å²) in [5, 5.41) is 0. The zero-order chi connectivity index (χ0) is 36.6. The molecule has 0 saturated carbocycles. The standard InChI is InChI=1S/C52H39N3/c1-5-15-36(16-6-1)38-25-29-40(30-26-38)49-53-50(41-31-27-39(28-32-41)37-17-7-2-8-18-37)55-51(54-49)42-33-34-46-45-23-13-14-24-47(45)52(48(46)35-42,43-19-9-3-10-20-43)44-21-11-4-12-22-44/h1,3-7,9-15,17-36H,2,8,16H2. The number of rotatable bonds is 7. The Morgan fingerprint density at radius 3 is 1.69 bits per heavy atom. The average molecular weight is 706 g/mol. The Morgan fingerprint density at radius 2 is 1.05 bits per heavy atom. The molecule has 3 aliphatic rings. The molecule has 6 aromatic carbocycles. The van der Waals surface area contributed by atoms with Crippen LogP contribution in [0, 0.1) is 0 Å². The van der Waals surface area contributed by atoms with Crippen LogP contribution in [0.5, 0.6) is 0 Å². The van der Waals surface area contributed by atoms with E-state index in [2.05, 4.69) is 194 Å². The normalized spacial score (nSPS) is 16.4. The van der Waals surface area contributed by atoms with E-state index >= 15 is 0 Å². The molecule has 1 heterocycles. The van der Waals surface area contributed by atoms with Crippen LogP contribution in [0.15, 0.2) is 194 Å².